The molecule has 4 rings (SSSR count). The van der Waals surface area contributed by atoms with Gasteiger partial charge in [-0.2, -0.15) is 4.98 Å². The number of imidazole rings is 1. The highest BCUT2D eigenvalue weighted by molar-refractivity contribution is 5.77. The second-order valence-corrected chi connectivity index (χ2v) is 5.93. The van der Waals surface area contributed by atoms with Gasteiger partial charge in [-0.25, -0.2) is 4.79 Å². The summed E-state index contributed by atoms with van der Waals surface area (Å²) in [4.78, 5) is 31.2. The van der Waals surface area contributed by atoms with Crippen LogP contribution in [0.25, 0.3) is 11.2 Å². The van der Waals surface area contributed by atoms with Gasteiger partial charge in [0, 0.05) is 32.9 Å². The Bertz CT molecular complexity index is 1060. The molecule has 118 valence electrons. The zero-order valence-corrected chi connectivity index (χ0v) is 13.3. The fourth-order valence-electron chi connectivity index (χ4n) is 3.19. The minimum absolute atomic E-state index is 0.298. The van der Waals surface area contributed by atoms with Crippen LogP contribution in [0.1, 0.15) is 5.56 Å². The molecule has 3 heterocycles. The van der Waals surface area contributed by atoms with Gasteiger partial charge in [-0.3, -0.25) is 13.9 Å². The first-order valence-electron chi connectivity index (χ1n) is 7.49. The van der Waals surface area contributed by atoms with Gasteiger partial charge in [0.05, 0.1) is 0 Å². The van der Waals surface area contributed by atoms with Crippen LogP contribution in [-0.4, -0.2) is 25.2 Å². The minimum Gasteiger partial charge on any atom is -0.310 e. The van der Waals surface area contributed by atoms with Crippen LogP contribution in [-0.2, 0) is 20.6 Å². The third-order valence-corrected chi connectivity index (χ3v) is 4.43. The molecule has 1 aliphatic heterocycles. The van der Waals surface area contributed by atoms with E-state index in [2.05, 4.69) is 16.0 Å². The smallest absolute Gasteiger partial charge is 0.310 e. The molecule has 3 aromatic rings. The summed E-state index contributed by atoms with van der Waals surface area (Å²) in [5.74, 6) is 0.712. The van der Waals surface area contributed by atoms with Crippen molar-refractivity contribution in [3.8, 4) is 0 Å². The maximum atomic E-state index is 12.5. The highest BCUT2D eigenvalue weighted by Crippen LogP contribution is 2.31. The first-order chi connectivity index (χ1) is 11.0. The summed E-state index contributed by atoms with van der Waals surface area (Å²) < 4.78 is 4.46. The van der Waals surface area contributed by atoms with Crippen molar-refractivity contribution in [2.75, 3.05) is 11.4 Å². The SMILES string of the molecule is Cc1cccc(N2CCn3c2nc2c3c(=O)n(C)c(=O)n2C)c1. The zero-order valence-electron chi connectivity index (χ0n) is 13.3. The second kappa shape index (κ2) is 4.58. The molecule has 7 heteroatoms. The lowest BCUT2D eigenvalue weighted by molar-refractivity contribution is 0.700. The molecule has 23 heavy (non-hydrogen) atoms. The number of aryl methyl sites for hydroxylation is 2. The van der Waals surface area contributed by atoms with Crippen LogP contribution in [0.4, 0.5) is 11.6 Å². The molecule has 0 N–H and O–H groups in total. The highest BCUT2D eigenvalue weighted by atomic mass is 16.2. The number of hydrogen-bond donors (Lipinski definition) is 0. The normalized spacial score (nSPS) is 13.8. The van der Waals surface area contributed by atoms with Gasteiger partial charge in [-0.05, 0) is 24.6 Å². The lowest BCUT2D eigenvalue weighted by Crippen LogP contribution is -2.37. The van der Waals surface area contributed by atoms with Crippen molar-refractivity contribution in [2.45, 2.75) is 13.5 Å². The largest absolute Gasteiger partial charge is 0.332 e. The van der Waals surface area contributed by atoms with E-state index in [9.17, 15) is 9.59 Å². The molecule has 0 saturated carbocycles. The van der Waals surface area contributed by atoms with Gasteiger partial charge >= 0.3 is 5.69 Å². The van der Waals surface area contributed by atoms with Crippen LogP contribution in [0.5, 0.6) is 0 Å². The lowest BCUT2D eigenvalue weighted by Gasteiger charge is -2.16. The number of anilines is 2. The van der Waals surface area contributed by atoms with E-state index in [1.807, 2.05) is 29.7 Å². The minimum atomic E-state index is -0.360. The van der Waals surface area contributed by atoms with Crippen LogP contribution >= 0.6 is 0 Å². The Hall–Kier alpha value is -2.83. The van der Waals surface area contributed by atoms with E-state index < -0.39 is 0 Å². The standard InChI is InChI=1S/C16H17N5O2/c1-10-5-4-6-11(9-10)20-7-8-21-12-13(17-15(20)21)18(2)16(23)19(3)14(12)22/h4-6,9H,7-8H2,1-3H3. The molecule has 0 aliphatic carbocycles. The number of nitrogens with zero attached hydrogens (tertiary/aromatic N) is 5. The van der Waals surface area contributed by atoms with Crippen molar-refractivity contribution in [3.63, 3.8) is 0 Å². The van der Waals surface area contributed by atoms with Crippen molar-refractivity contribution in [1.29, 1.82) is 0 Å². The molecule has 0 atom stereocenters. The van der Waals surface area contributed by atoms with E-state index >= 15 is 0 Å². The van der Waals surface area contributed by atoms with Crippen molar-refractivity contribution in [3.05, 3.63) is 50.7 Å². The summed E-state index contributed by atoms with van der Waals surface area (Å²) in [5.41, 5.74) is 2.47. The number of rotatable bonds is 1. The molecule has 0 fully saturated rings. The van der Waals surface area contributed by atoms with Gasteiger partial charge in [-0.1, -0.05) is 12.1 Å². The second-order valence-electron chi connectivity index (χ2n) is 5.93. The van der Waals surface area contributed by atoms with E-state index in [0.29, 0.717) is 23.7 Å². The summed E-state index contributed by atoms with van der Waals surface area (Å²) in [6, 6.07) is 8.16. The lowest BCUT2D eigenvalue weighted by atomic mass is 10.2. The Morgan fingerprint density at radius 1 is 1.09 bits per heavy atom. The molecular weight excluding hydrogens is 294 g/mol. The van der Waals surface area contributed by atoms with Crippen molar-refractivity contribution in [1.82, 2.24) is 18.7 Å². The van der Waals surface area contributed by atoms with E-state index in [4.69, 9.17) is 0 Å². The van der Waals surface area contributed by atoms with Gasteiger partial charge in [-0.15, -0.1) is 0 Å². The van der Waals surface area contributed by atoms with Crippen molar-refractivity contribution < 1.29 is 0 Å². The van der Waals surface area contributed by atoms with Gasteiger partial charge in [0.25, 0.3) is 5.56 Å². The number of benzene rings is 1. The summed E-state index contributed by atoms with van der Waals surface area (Å²) in [5, 5.41) is 0. The Morgan fingerprint density at radius 3 is 2.61 bits per heavy atom. The molecule has 0 saturated heterocycles. The van der Waals surface area contributed by atoms with Gasteiger partial charge in [0.1, 0.15) is 0 Å². The molecule has 1 aromatic carbocycles. The molecular formula is C16H17N5O2. The van der Waals surface area contributed by atoms with Gasteiger partial charge in [0.15, 0.2) is 11.2 Å². The van der Waals surface area contributed by atoms with Gasteiger partial charge in [0.2, 0.25) is 5.95 Å². The molecule has 0 spiro atoms. The Kier molecular flexibility index (Phi) is 2.75. The fraction of sp³-hybridized carbons (Fsp3) is 0.312. The summed E-state index contributed by atoms with van der Waals surface area (Å²) in [6.45, 7) is 3.48. The predicted octanol–water partition coefficient (Wildman–Crippen LogP) is 0.894. The fourth-order valence-corrected chi connectivity index (χ4v) is 3.19. The van der Waals surface area contributed by atoms with Crippen molar-refractivity contribution >= 4 is 22.8 Å². The summed E-state index contributed by atoms with van der Waals surface area (Å²) in [6.07, 6.45) is 0. The van der Waals surface area contributed by atoms with Crippen molar-refractivity contribution in [2.24, 2.45) is 14.1 Å². The van der Waals surface area contributed by atoms with Crippen LogP contribution in [0.15, 0.2) is 33.9 Å². The number of aromatic nitrogens is 4. The Labute approximate surface area is 132 Å². The van der Waals surface area contributed by atoms with Crippen LogP contribution < -0.4 is 16.1 Å². The van der Waals surface area contributed by atoms with E-state index in [0.717, 1.165) is 16.8 Å². The van der Waals surface area contributed by atoms with Crippen LogP contribution in [0, 0.1) is 6.92 Å². The van der Waals surface area contributed by atoms with E-state index in [1.165, 1.54) is 17.2 Å². The molecule has 0 amide bonds. The van der Waals surface area contributed by atoms with E-state index in [1.54, 1.807) is 7.05 Å². The zero-order chi connectivity index (χ0) is 16.3. The van der Waals surface area contributed by atoms with Gasteiger partial charge < -0.3 is 9.47 Å². The molecule has 1 aliphatic rings. The monoisotopic (exact) mass is 311 g/mol. The van der Waals surface area contributed by atoms with E-state index in [-0.39, 0.29) is 11.2 Å². The Morgan fingerprint density at radius 2 is 1.87 bits per heavy atom. The average Bonchev–Trinajstić information content (AvgIpc) is 3.09. The molecule has 0 unspecified atom stereocenters. The molecule has 0 radical (unpaired) electrons. The maximum Gasteiger partial charge on any atom is 0.332 e. The first-order valence-corrected chi connectivity index (χ1v) is 7.49. The molecule has 0 bridgehead atoms. The van der Waals surface area contributed by atoms with Crippen LogP contribution in [0.3, 0.4) is 0 Å². The third kappa shape index (κ3) is 1.79. The quantitative estimate of drug-likeness (QED) is 0.669. The Balaban J connectivity index is 2.01. The third-order valence-electron chi connectivity index (χ3n) is 4.43. The highest BCUT2D eigenvalue weighted by Gasteiger charge is 2.28. The maximum absolute atomic E-state index is 12.5. The first kappa shape index (κ1) is 13.8. The van der Waals surface area contributed by atoms with Crippen LogP contribution in [0.2, 0.25) is 0 Å². The number of fused-ring (bicyclic) bond motifs is 3. The predicted molar refractivity (Wildman–Crippen MR) is 88.4 cm³/mol. The molecule has 2 aromatic heterocycles. The molecule has 7 nitrogen and oxygen atoms in total. The number of hydrogen-bond acceptors (Lipinski definition) is 4. The summed E-state index contributed by atoms with van der Waals surface area (Å²) >= 11 is 0. The summed E-state index contributed by atoms with van der Waals surface area (Å²) in [7, 11) is 3.14. The topological polar surface area (TPSA) is 65.1 Å². The average molecular weight is 311 g/mol.